The zero-order valence-corrected chi connectivity index (χ0v) is 23.4. The monoisotopic (exact) mass is 585 g/mol. The summed E-state index contributed by atoms with van der Waals surface area (Å²) in [6, 6.07) is 23.3. The first kappa shape index (κ1) is 28.5. The zero-order chi connectivity index (χ0) is 29.6. The molecule has 5 rings (SSSR count). The molecule has 1 aliphatic rings. The molecule has 1 heterocycles. The van der Waals surface area contributed by atoms with Crippen LogP contribution in [-0.4, -0.2) is 46.1 Å². The number of ether oxygens (including phenoxy) is 2. The van der Waals surface area contributed by atoms with Crippen molar-refractivity contribution < 1.29 is 33.8 Å². The highest BCUT2D eigenvalue weighted by Gasteiger charge is 2.31. The second-order valence-corrected chi connectivity index (χ2v) is 10.4. The smallest absolute Gasteiger partial charge is 0.407 e. The van der Waals surface area contributed by atoms with Gasteiger partial charge < -0.3 is 25.2 Å². The molecule has 0 aliphatic heterocycles. The number of rotatable bonds is 10. The summed E-state index contributed by atoms with van der Waals surface area (Å²) < 4.78 is 14.9. The number of fused-ring (bicyclic) bond motifs is 3. The van der Waals surface area contributed by atoms with Crippen LogP contribution in [0.15, 0.2) is 78.9 Å². The standard InChI is InChI=1S/C31H27N3O7S/c1-18-27(30(37)38)29(42-34-18)33-28(36)25(15-26(35)40-16-19-9-3-2-4-10-19)32-31(39)41-17-24-22-13-7-5-11-20(22)21-12-6-8-14-23(21)24/h2-14,24-25H,15-17H2,1H3,(H,32,39)(H,33,36)(H,37,38)/t25-/m0/s1. The van der Waals surface area contributed by atoms with Crippen LogP contribution in [0.2, 0.25) is 0 Å². The van der Waals surface area contributed by atoms with Crippen molar-refractivity contribution in [3.8, 4) is 11.1 Å². The number of aromatic carboxylic acids is 1. The van der Waals surface area contributed by atoms with E-state index in [0.29, 0.717) is 0 Å². The molecule has 4 aromatic rings. The van der Waals surface area contributed by atoms with Gasteiger partial charge in [-0.25, -0.2) is 9.59 Å². The maximum absolute atomic E-state index is 13.2. The molecule has 0 saturated carbocycles. The minimum absolute atomic E-state index is 0.00382. The molecule has 2 amide bonds. The molecule has 0 unspecified atom stereocenters. The summed E-state index contributed by atoms with van der Waals surface area (Å²) >= 11 is 0.787. The molecule has 10 nitrogen and oxygen atoms in total. The van der Waals surface area contributed by atoms with Crippen LogP contribution in [0, 0.1) is 6.92 Å². The lowest BCUT2D eigenvalue weighted by atomic mass is 9.98. The van der Waals surface area contributed by atoms with Gasteiger partial charge in [-0.15, -0.1) is 0 Å². The zero-order valence-electron chi connectivity index (χ0n) is 22.5. The Morgan fingerprint density at radius 1 is 0.905 bits per heavy atom. The van der Waals surface area contributed by atoms with Crippen molar-refractivity contribution in [2.24, 2.45) is 0 Å². The Bertz CT molecular complexity index is 1590. The number of amides is 2. The highest BCUT2D eigenvalue weighted by molar-refractivity contribution is 7.11. The van der Waals surface area contributed by atoms with E-state index in [4.69, 9.17) is 9.47 Å². The van der Waals surface area contributed by atoms with E-state index in [1.54, 1.807) is 24.3 Å². The van der Waals surface area contributed by atoms with E-state index in [9.17, 15) is 24.3 Å². The lowest BCUT2D eigenvalue weighted by molar-refractivity contribution is -0.146. The quantitative estimate of drug-likeness (QED) is 0.217. The number of hydrogen-bond donors (Lipinski definition) is 3. The first-order valence-electron chi connectivity index (χ1n) is 13.1. The van der Waals surface area contributed by atoms with E-state index < -0.39 is 36.4 Å². The number of aryl methyl sites for hydroxylation is 1. The Morgan fingerprint density at radius 2 is 1.52 bits per heavy atom. The average Bonchev–Trinajstić information content (AvgIpc) is 3.52. The molecular formula is C31H27N3O7S. The molecule has 0 fully saturated rings. The summed E-state index contributed by atoms with van der Waals surface area (Å²) in [5, 5.41) is 14.4. The third-order valence-electron chi connectivity index (χ3n) is 6.88. The van der Waals surface area contributed by atoms with Crippen molar-refractivity contribution >= 4 is 40.5 Å². The number of carbonyl (C=O) groups excluding carboxylic acids is 3. The fraction of sp³-hybridized carbons (Fsp3) is 0.194. The molecule has 1 atom stereocenters. The molecule has 0 radical (unpaired) electrons. The fourth-order valence-corrected chi connectivity index (χ4v) is 5.65. The Balaban J connectivity index is 1.28. The van der Waals surface area contributed by atoms with Crippen molar-refractivity contribution in [1.29, 1.82) is 0 Å². The largest absolute Gasteiger partial charge is 0.478 e. The number of alkyl carbamates (subject to hydrolysis) is 1. The second-order valence-electron chi connectivity index (χ2n) is 9.64. The van der Waals surface area contributed by atoms with Crippen LogP contribution in [-0.2, 0) is 25.7 Å². The van der Waals surface area contributed by atoms with Crippen molar-refractivity contribution in [3.63, 3.8) is 0 Å². The minimum Gasteiger partial charge on any atom is -0.478 e. The third-order valence-corrected chi connectivity index (χ3v) is 7.73. The predicted octanol–water partition coefficient (Wildman–Crippen LogP) is 5.13. The number of hydrogen-bond acceptors (Lipinski definition) is 8. The Morgan fingerprint density at radius 3 is 2.17 bits per heavy atom. The average molecular weight is 586 g/mol. The highest BCUT2D eigenvalue weighted by Crippen LogP contribution is 2.44. The van der Waals surface area contributed by atoms with Crippen LogP contribution in [0.25, 0.3) is 11.1 Å². The van der Waals surface area contributed by atoms with Crippen LogP contribution in [0.5, 0.6) is 0 Å². The summed E-state index contributed by atoms with van der Waals surface area (Å²) in [6.07, 6.45) is -1.42. The summed E-state index contributed by atoms with van der Waals surface area (Å²) in [5.41, 5.74) is 4.98. The maximum atomic E-state index is 13.2. The molecule has 11 heteroatoms. The van der Waals surface area contributed by atoms with Crippen molar-refractivity contribution in [3.05, 3.63) is 107 Å². The molecule has 42 heavy (non-hydrogen) atoms. The van der Waals surface area contributed by atoms with Gasteiger partial charge in [0.25, 0.3) is 0 Å². The molecule has 0 saturated heterocycles. The molecular weight excluding hydrogens is 558 g/mol. The summed E-state index contributed by atoms with van der Waals surface area (Å²) in [4.78, 5) is 50.5. The highest BCUT2D eigenvalue weighted by atomic mass is 32.1. The Labute approximate surface area is 245 Å². The van der Waals surface area contributed by atoms with Gasteiger partial charge in [-0.05, 0) is 46.3 Å². The number of carboxylic acid groups (broad SMARTS) is 1. The summed E-state index contributed by atoms with van der Waals surface area (Å²) in [7, 11) is 0. The first-order chi connectivity index (χ1) is 20.3. The maximum Gasteiger partial charge on any atom is 0.407 e. The SMILES string of the molecule is Cc1nsc(NC(=O)[C@H](CC(=O)OCc2ccccc2)NC(=O)OCC2c3ccccc3-c3ccccc32)c1C(=O)O. The van der Waals surface area contributed by atoms with Gasteiger partial charge in [-0.1, -0.05) is 78.9 Å². The van der Waals surface area contributed by atoms with Crippen LogP contribution in [0.3, 0.4) is 0 Å². The van der Waals surface area contributed by atoms with Crippen molar-refractivity contribution in [2.75, 3.05) is 11.9 Å². The van der Waals surface area contributed by atoms with Crippen LogP contribution in [0.1, 0.15) is 45.1 Å². The van der Waals surface area contributed by atoms with Crippen LogP contribution < -0.4 is 10.6 Å². The number of aromatic nitrogens is 1. The molecule has 3 N–H and O–H groups in total. The second kappa shape index (κ2) is 12.6. The molecule has 0 bridgehead atoms. The van der Waals surface area contributed by atoms with Crippen molar-refractivity contribution in [2.45, 2.75) is 31.9 Å². The van der Waals surface area contributed by atoms with Crippen LogP contribution in [0.4, 0.5) is 9.80 Å². The molecule has 0 spiro atoms. The molecule has 1 aromatic heterocycles. The topological polar surface area (TPSA) is 144 Å². The number of nitrogens with one attached hydrogen (secondary N) is 2. The molecule has 3 aromatic carbocycles. The lowest BCUT2D eigenvalue weighted by Gasteiger charge is -2.19. The van der Waals surface area contributed by atoms with Gasteiger partial charge in [-0.3, -0.25) is 9.59 Å². The van der Waals surface area contributed by atoms with Gasteiger partial charge in [0.1, 0.15) is 29.8 Å². The predicted molar refractivity (Wildman–Crippen MR) is 155 cm³/mol. The van der Waals surface area contributed by atoms with E-state index in [1.165, 1.54) is 6.92 Å². The van der Waals surface area contributed by atoms with Crippen molar-refractivity contribution in [1.82, 2.24) is 9.69 Å². The number of carboxylic acids is 1. The van der Waals surface area contributed by atoms with Gasteiger partial charge in [-0.2, -0.15) is 4.37 Å². The summed E-state index contributed by atoms with van der Waals surface area (Å²) in [6.45, 7) is 1.49. The number of anilines is 1. The summed E-state index contributed by atoms with van der Waals surface area (Å²) in [5.74, 6) is -3.02. The first-order valence-corrected chi connectivity index (χ1v) is 13.9. The fourth-order valence-electron chi connectivity index (χ4n) is 4.86. The number of nitrogens with zero attached hydrogens (tertiary/aromatic N) is 1. The van der Waals surface area contributed by atoms with E-state index in [2.05, 4.69) is 15.0 Å². The third kappa shape index (κ3) is 6.31. The van der Waals surface area contributed by atoms with E-state index in [0.717, 1.165) is 39.3 Å². The van der Waals surface area contributed by atoms with Gasteiger partial charge in [0.05, 0.1) is 12.1 Å². The molecule has 214 valence electrons. The lowest BCUT2D eigenvalue weighted by Crippen LogP contribution is -2.45. The van der Waals surface area contributed by atoms with Gasteiger partial charge in [0, 0.05) is 5.92 Å². The van der Waals surface area contributed by atoms with Gasteiger partial charge in [0.15, 0.2) is 0 Å². The number of esters is 1. The Kier molecular flexibility index (Phi) is 8.58. The van der Waals surface area contributed by atoms with Gasteiger partial charge in [0.2, 0.25) is 5.91 Å². The van der Waals surface area contributed by atoms with E-state index in [1.807, 2.05) is 54.6 Å². The van der Waals surface area contributed by atoms with Crippen LogP contribution >= 0.6 is 11.5 Å². The number of carbonyl (C=O) groups is 4. The van der Waals surface area contributed by atoms with E-state index >= 15 is 0 Å². The minimum atomic E-state index is -1.41. The van der Waals surface area contributed by atoms with Gasteiger partial charge >= 0.3 is 18.0 Å². The normalized spacial score (nSPS) is 12.5. The molecule has 1 aliphatic carbocycles. The number of benzene rings is 3. The Hall–Kier alpha value is -5.03. The van der Waals surface area contributed by atoms with E-state index in [-0.39, 0.29) is 35.4 Å².